The minimum absolute atomic E-state index is 0.0570. The number of nitrogens with one attached hydrogen (secondary N) is 1. The van der Waals surface area contributed by atoms with Gasteiger partial charge in [-0.15, -0.1) is 0 Å². The van der Waals surface area contributed by atoms with Crippen LogP contribution in [-0.2, 0) is 0 Å². The molecule has 3 nitrogen and oxygen atoms in total. The monoisotopic (exact) mass is 292 g/mol. The lowest BCUT2D eigenvalue weighted by Crippen LogP contribution is -2.21. The van der Waals surface area contributed by atoms with Gasteiger partial charge < -0.3 is 9.88 Å². The highest BCUT2D eigenvalue weighted by atomic mass is 16.1. The van der Waals surface area contributed by atoms with Crippen LogP contribution in [0.5, 0.6) is 0 Å². The molecule has 112 valence electrons. The molecule has 22 heavy (non-hydrogen) atoms. The van der Waals surface area contributed by atoms with Gasteiger partial charge in [0.2, 0.25) is 0 Å². The maximum atomic E-state index is 12.5. The van der Waals surface area contributed by atoms with Crippen LogP contribution in [0.2, 0.25) is 0 Å². The molecule has 0 unspecified atom stereocenters. The molecular weight excluding hydrogens is 272 g/mol. The molecule has 0 saturated heterocycles. The van der Waals surface area contributed by atoms with Crippen molar-refractivity contribution < 1.29 is 0 Å². The molecule has 1 N–H and O–H groups in total. The van der Waals surface area contributed by atoms with E-state index in [1.807, 2.05) is 42.5 Å². The first-order valence-corrected chi connectivity index (χ1v) is 7.70. The predicted molar refractivity (Wildman–Crippen MR) is 93.6 cm³/mol. The number of anilines is 1. The predicted octanol–water partition coefficient (Wildman–Crippen LogP) is 4.04. The molecule has 0 aliphatic rings. The Bertz CT molecular complexity index is 833. The number of benzene rings is 2. The lowest BCUT2D eigenvalue weighted by Gasteiger charge is -2.21. The summed E-state index contributed by atoms with van der Waals surface area (Å²) in [5.74, 6) is 0. The molecule has 0 saturated carbocycles. The molecule has 0 atom stereocenters. The Hall–Kier alpha value is -2.55. The topological polar surface area (TPSA) is 36.1 Å². The lowest BCUT2D eigenvalue weighted by molar-refractivity contribution is 0.867. The second-order valence-corrected chi connectivity index (χ2v) is 5.32. The minimum Gasteiger partial charge on any atom is -0.372 e. The van der Waals surface area contributed by atoms with Crippen LogP contribution >= 0.6 is 0 Å². The van der Waals surface area contributed by atoms with Gasteiger partial charge in [-0.2, -0.15) is 0 Å². The maximum Gasteiger partial charge on any atom is 0.190 e. The van der Waals surface area contributed by atoms with Crippen LogP contribution < -0.4 is 10.3 Å². The average molecular weight is 292 g/mol. The van der Waals surface area contributed by atoms with Crippen LogP contribution in [0.15, 0.2) is 59.4 Å². The van der Waals surface area contributed by atoms with Gasteiger partial charge in [0.05, 0.1) is 0 Å². The fraction of sp³-hybridized carbons (Fsp3) is 0.211. The summed E-state index contributed by atoms with van der Waals surface area (Å²) in [4.78, 5) is 18.1. The number of hydrogen-bond acceptors (Lipinski definition) is 2. The van der Waals surface area contributed by atoms with Crippen molar-refractivity contribution in [2.24, 2.45) is 0 Å². The molecule has 1 aromatic heterocycles. The fourth-order valence-corrected chi connectivity index (χ4v) is 2.79. The van der Waals surface area contributed by atoms with Gasteiger partial charge in [0.25, 0.3) is 0 Å². The largest absolute Gasteiger partial charge is 0.372 e. The van der Waals surface area contributed by atoms with Crippen LogP contribution in [0.25, 0.3) is 22.2 Å². The van der Waals surface area contributed by atoms with Gasteiger partial charge in [0.15, 0.2) is 5.43 Å². The Balaban J connectivity index is 2.13. The first kappa shape index (κ1) is 14.4. The van der Waals surface area contributed by atoms with Gasteiger partial charge >= 0.3 is 0 Å². The Morgan fingerprint density at radius 2 is 1.68 bits per heavy atom. The Morgan fingerprint density at radius 3 is 2.36 bits per heavy atom. The Kier molecular flexibility index (Phi) is 3.96. The zero-order valence-corrected chi connectivity index (χ0v) is 13.0. The van der Waals surface area contributed by atoms with Crippen LogP contribution in [0, 0.1) is 0 Å². The Morgan fingerprint density at radius 1 is 0.955 bits per heavy atom. The molecule has 3 aromatic rings. The average Bonchev–Trinajstić information content (AvgIpc) is 2.57. The summed E-state index contributed by atoms with van der Waals surface area (Å²) >= 11 is 0. The fourth-order valence-electron chi connectivity index (χ4n) is 2.79. The molecule has 0 amide bonds. The zero-order chi connectivity index (χ0) is 15.5. The molecule has 0 bridgehead atoms. The van der Waals surface area contributed by atoms with E-state index in [4.69, 9.17) is 0 Å². The van der Waals surface area contributed by atoms with Crippen molar-refractivity contribution in [3.05, 3.63) is 64.8 Å². The summed E-state index contributed by atoms with van der Waals surface area (Å²) in [7, 11) is 0. The van der Waals surface area contributed by atoms with Crippen molar-refractivity contribution in [2.45, 2.75) is 13.8 Å². The second-order valence-electron chi connectivity index (χ2n) is 5.32. The van der Waals surface area contributed by atoms with Gasteiger partial charge in [0, 0.05) is 41.4 Å². The van der Waals surface area contributed by atoms with Crippen LogP contribution in [-0.4, -0.2) is 18.1 Å². The smallest absolute Gasteiger partial charge is 0.190 e. The molecule has 0 fully saturated rings. The van der Waals surface area contributed by atoms with Crippen molar-refractivity contribution in [1.82, 2.24) is 4.98 Å². The van der Waals surface area contributed by atoms with Gasteiger partial charge in [0.1, 0.15) is 0 Å². The third-order valence-corrected chi connectivity index (χ3v) is 4.03. The summed E-state index contributed by atoms with van der Waals surface area (Å²) in [5.41, 5.74) is 3.90. The number of rotatable bonds is 4. The van der Waals surface area contributed by atoms with Crippen LogP contribution in [0.1, 0.15) is 13.8 Å². The van der Waals surface area contributed by atoms with Crippen molar-refractivity contribution in [3.63, 3.8) is 0 Å². The normalized spacial score (nSPS) is 10.8. The number of fused-ring (bicyclic) bond motifs is 1. The quantitative estimate of drug-likeness (QED) is 0.787. The van der Waals surface area contributed by atoms with Gasteiger partial charge in [-0.1, -0.05) is 30.3 Å². The molecule has 0 aliphatic heterocycles. The zero-order valence-electron chi connectivity index (χ0n) is 13.0. The van der Waals surface area contributed by atoms with E-state index >= 15 is 0 Å². The van der Waals surface area contributed by atoms with Gasteiger partial charge in [-0.25, -0.2) is 0 Å². The van der Waals surface area contributed by atoms with E-state index in [9.17, 15) is 4.79 Å². The number of hydrogen-bond donors (Lipinski definition) is 1. The highest BCUT2D eigenvalue weighted by molar-refractivity contribution is 5.84. The Labute approximate surface area is 130 Å². The summed E-state index contributed by atoms with van der Waals surface area (Å²) in [6, 6.07) is 17.7. The highest BCUT2D eigenvalue weighted by Crippen LogP contribution is 2.22. The van der Waals surface area contributed by atoms with Crippen molar-refractivity contribution in [2.75, 3.05) is 18.0 Å². The van der Waals surface area contributed by atoms with Crippen molar-refractivity contribution in [3.8, 4) is 11.3 Å². The highest BCUT2D eigenvalue weighted by Gasteiger charge is 2.07. The second kappa shape index (κ2) is 6.06. The van der Waals surface area contributed by atoms with Crippen LogP contribution in [0.3, 0.4) is 0 Å². The molecule has 0 spiro atoms. The standard InChI is InChI=1S/C19H20N2O/c1-3-21(4-2)15-10-11-17-16(12-15)19(22)13-18(20-17)14-8-6-5-7-9-14/h5-13H,3-4H2,1-2H3,(H,20,22). The number of aromatic nitrogens is 1. The van der Waals surface area contributed by atoms with Gasteiger partial charge in [-0.05, 0) is 37.6 Å². The van der Waals surface area contributed by atoms with E-state index < -0.39 is 0 Å². The molecular formula is C19H20N2O. The van der Waals surface area contributed by atoms with Crippen LogP contribution in [0.4, 0.5) is 5.69 Å². The molecule has 3 rings (SSSR count). The van der Waals surface area contributed by atoms with E-state index in [2.05, 4.69) is 29.8 Å². The summed E-state index contributed by atoms with van der Waals surface area (Å²) < 4.78 is 0. The molecule has 0 radical (unpaired) electrons. The van der Waals surface area contributed by atoms with Crippen molar-refractivity contribution >= 4 is 16.6 Å². The third-order valence-electron chi connectivity index (χ3n) is 4.03. The van der Waals surface area contributed by atoms with Gasteiger partial charge in [-0.3, -0.25) is 4.79 Å². The lowest BCUT2D eigenvalue weighted by atomic mass is 10.1. The van der Waals surface area contributed by atoms with Crippen molar-refractivity contribution in [1.29, 1.82) is 0 Å². The number of H-pyrrole nitrogens is 1. The number of aromatic amines is 1. The van der Waals surface area contributed by atoms with E-state index in [-0.39, 0.29) is 5.43 Å². The molecule has 0 aliphatic carbocycles. The third kappa shape index (κ3) is 2.62. The summed E-state index contributed by atoms with van der Waals surface area (Å²) in [5, 5.41) is 0.740. The molecule has 3 heteroatoms. The number of pyridine rings is 1. The summed E-state index contributed by atoms with van der Waals surface area (Å²) in [6.07, 6.45) is 0. The SMILES string of the molecule is CCN(CC)c1ccc2[nH]c(-c3ccccc3)cc(=O)c2c1. The number of nitrogens with zero attached hydrogens (tertiary/aromatic N) is 1. The minimum atomic E-state index is 0.0570. The molecule has 1 heterocycles. The van der Waals surface area contributed by atoms with E-state index in [1.165, 1.54) is 0 Å². The first-order chi connectivity index (χ1) is 10.7. The molecule has 2 aromatic carbocycles. The van der Waals surface area contributed by atoms with E-state index in [0.29, 0.717) is 0 Å². The first-order valence-electron chi connectivity index (χ1n) is 7.70. The maximum absolute atomic E-state index is 12.5. The van der Waals surface area contributed by atoms with E-state index in [1.54, 1.807) is 6.07 Å². The van der Waals surface area contributed by atoms with E-state index in [0.717, 1.165) is 40.9 Å². The summed E-state index contributed by atoms with van der Waals surface area (Å²) in [6.45, 7) is 6.11.